The van der Waals surface area contributed by atoms with Crippen LogP contribution < -0.4 is 0 Å². The monoisotopic (exact) mass is 118 g/mol. The van der Waals surface area contributed by atoms with Crippen molar-refractivity contribution >= 4 is 11.8 Å². The Kier molecular flexibility index (Phi) is 1.60. The lowest BCUT2D eigenvalue weighted by Crippen LogP contribution is -2.11. The predicted molar refractivity (Wildman–Crippen MR) is 32.5 cm³/mol. The first-order valence-electron chi connectivity index (χ1n) is 2.60. The molecule has 1 heterocycles. The minimum absolute atomic E-state index is 0.0231. The number of aliphatic hydroxyl groups excluding tert-OH is 1. The van der Waals surface area contributed by atoms with Crippen LogP contribution >= 0.6 is 11.8 Å². The second-order valence-corrected chi connectivity index (χ2v) is 3.42. The van der Waals surface area contributed by atoms with Crippen molar-refractivity contribution in [1.29, 1.82) is 0 Å². The van der Waals surface area contributed by atoms with E-state index in [-0.39, 0.29) is 6.10 Å². The zero-order chi connectivity index (χ0) is 5.28. The molecule has 0 aromatic carbocycles. The topological polar surface area (TPSA) is 20.2 Å². The SMILES string of the molecule is CC1SCCC1O. The minimum Gasteiger partial charge on any atom is -0.392 e. The normalized spacial score (nSPS) is 42.0. The molecule has 0 amide bonds. The van der Waals surface area contributed by atoms with Crippen LogP contribution in [-0.4, -0.2) is 22.2 Å². The maximum Gasteiger partial charge on any atom is 0.0663 e. The van der Waals surface area contributed by atoms with Crippen molar-refractivity contribution in [3.8, 4) is 0 Å². The van der Waals surface area contributed by atoms with Gasteiger partial charge in [-0.3, -0.25) is 0 Å². The molecule has 7 heavy (non-hydrogen) atoms. The molecule has 0 aliphatic carbocycles. The Morgan fingerprint density at radius 2 is 2.43 bits per heavy atom. The molecule has 1 rings (SSSR count). The Balaban J connectivity index is 2.33. The van der Waals surface area contributed by atoms with Gasteiger partial charge >= 0.3 is 0 Å². The summed E-state index contributed by atoms with van der Waals surface area (Å²) in [6, 6.07) is 0. The molecule has 0 radical (unpaired) electrons. The molecule has 1 aliphatic rings. The van der Waals surface area contributed by atoms with Gasteiger partial charge in [0.1, 0.15) is 0 Å². The van der Waals surface area contributed by atoms with Crippen molar-refractivity contribution in [2.45, 2.75) is 24.7 Å². The number of rotatable bonds is 0. The van der Waals surface area contributed by atoms with Gasteiger partial charge in [0.05, 0.1) is 6.10 Å². The van der Waals surface area contributed by atoms with Gasteiger partial charge in [-0.2, -0.15) is 11.8 Å². The van der Waals surface area contributed by atoms with E-state index in [4.69, 9.17) is 5.11 Å². The third-order valence-electron chi connectivity index (χ3n) is 1.34. The molecule has 2 heteroatoms. The van der Waals surface area contributed by atoms with Crippen molar-refractivity contribution in [2.24, 2.45) is 0 Å². The Hall–Kier alpha value is 0.310. The molecule has 2 unspecified atom stereocenters. The predicted octanol–water partition coefficient (Wildman–Crippen LogP) is 0.873. The maximum absolute atomic E-state index is 8.98. The standard InChI is InChI=1S/C5H10OS/c1-4-5(6)2-3-7-4/h4-6H,2-3H2,1H3. The third kappa shape index (κ3) is 1.10. The Morgan fingerprint density at radius 1 is 1.71 bits per heavy atom. The lowest BCUT2D eigenvalue weighted by atomic mass is 10.2. The molecule has 1 fully saturated rings. The van der Waals surface area contributed by atoms with Crippen LogP contribution in [0.4, 0.5) is 0 Å². The fourth-order valence-electron chi connectivity index (χ4n) is 0.720. The molecule has 0 saturated carbocycles. The zero-order valence-electron chi connectivity index (χ0n) is 4.42. The van der Waals surface area contributed by atoms with Gasteiger partial charge in [0.25, 0.3) is 0 Å². The van der Waals surface area contributed by atoms with Crippen LogP contribution in [0.2, 0.25) is 0 Å². The van der Waals surface area contributed by atoms with Crippen LogP contribution in [0.1, 0.15) is 13.3 Å². The molecule has 1 nitrogen and oxygen atoms in total. The lowest BCUT2D eigenvalue weighted by Gasteiger charge is -2.03. The highest BCUT2D eigenvalue weighted by atomic mass is 32.2. The summed E-state index contributed by atoms with van der Waals surface area (Å²) < 4.78 is 0. The van der Waals surface area contributed by atoms with Gasteiger partial charge < -0.3 is 5.11 Å². The van der Waals surface area contributed by atoms with Crippen LogP contribution in [0.5, 0.6) is 0 Å². The van der Waals surface area contributed by atoms with E-state index in [0.29, 0.717) is 5.25 Å². The van der Waals surface area contributed by atoms with Crippen molar-refractivity contribution in [1.82, 2.24) is 0 Å². The molecule has 2 atom stereocenters. The fourth-order valence-corrected chi connectivity index (χ4v) is 1.83. The number of hydrogen-bond acceptors (Lipinski definition) is 2. The third-order valence-corrected chi connectivity index (χ3v) is 2.65. The van der Waals surface area contributed by atoms with E-state index in [2.05, 4.69) is 6.92 Å². The Labute approximate surface area is 48.1 Å². The highest BCUT2D eigenvalue weighted by Crippen LogP contribution is 2.25. The number of aliphatic hydroxyl groups is 1. The zero-order valence-corrected chi connectivity index (χ0v) is 5.24. The molecule has 1 aliphatic heterocycles. The second kappa shape index (κ2) is 2.05. The Bertz CT molecular complexity index is 57.1. The first-order chi connectivity index (χ1) is 3.30. The van der Waals surface area contributed by atoms with E-state index in [1.54, 1.807) is 0 Å². The van der Waals surface area contributed by atoms with E-state index in [0.717, 1.165) is 12.2 Å². The molecule has 0 aromatic rings. The van der Waals surface area contributed by atoms with E-state index in [1.807, 2.05) is 11.8 Å². The summed E-state index contributed by atoms with van der Waals surface area (Å²) in [6.07, 6.45) is 0.969. The summed E-state index contributed by atoms with van der Waals surface area (Å²) in [6.45, 7) is 2.07. The minimum atomic E-state index is -0.0231. The summed E-state index contributed by atoms with van der Waals surface area (Å²) in [4.78, 5) is 0. The highest BCUT2D eigenvalue weighted by molar-refractivity contribution is 8.00. The van der Waals surface area contributed by atoms with Gasteiger partial charge in [0, 0.05) is 5.25 Å². The molecule has 0 bridgehead atoms. The van der Waals surface area contributed by atoms with Crippen molar-refractivity contribution in [3.63, 3.8) is 0 Å². The second-order valence-electron chi connectivity index (χ2n) is 1.93. The summed E-state index contributed by atoms with van der Waals surface area (Å²) in [5, 5.41) is 9.46. The van der Waals surface area contributed by atoms with E-state index >= 15 is 0 Å². The quantitative estimate of drug-likeness (QED) is 0.509. The molecule has 1 N–H and O–H groups in total. The van der Waals surface area contributed by atoms with Crippen LogP contribution in [0.15, 0.2) is 0 Å². The van der Waals surface area contributed by atoms with E-state index in [9.17, 15) is 0 Å². The first kappa shape index (κ1) is 5.45. The van der Waals surface area contributed by atoms with Crippen molar-refractivity contribution in [2.75, 3.05) is 5.75 Å². The first-order valence-corrected chi connectivity index (χ1v) is 3.65. The summed E-state index contributed by atoms with van der Waals surface area (Å²) >= 11 is 1.86. The van der Waals surface area contributed by atoms with Gasteiger partial charge in [-0.05, 0) is 12.2 Å². The average molecular weight is 118 g/mol. The molecule has 1 saturated heterocycles. The van der Waals surface area contributed by atoms with Gasteiger partial charge in [0.2, 0.25) is 0 Å². The molecule has 0 spiro atoms. The van der Waals surface area contributed by atoms with Crippen LogP contribution in [0.3, 0.4) is 0 Å². The molecular formula is C5H10OS. The van der Waals surface area contributed by atoms with Gasteiger partial charge in [-0.1, -0.05) is 6.92 Å². The summed E-state index contributed by atoms with van der Waals surface area (Å²) in [5.74, 6) is 1.14. The summed E-state index contributed by atoms with van der Waals surface area (Å²) in [5.41, 5.74) is 0. The van der Waals surface area contributed by atoms with E-state index < -0.39 is 0 Å². The van der Waals surface area contributed by atoms with Crippen molar-refractivity contribution < 1.29 is 5.11 Å². The van der Waals surface area contributed by atoms with Gasteiger partial charge in [-0.25, -0.2) is 0 Å². The fraction of sp³-hybridized carbons (Fsp3) is 1.00. The summed E-state index contributed by atoms with van der Waals surface area (Å²) in [7, 11) is 0. The van der Waals surface area contributed by atoms with Gasteiger partial charge in [0.15, 0.2) is 0 Å². The maximum atomic E-state index is 8.98. The van der Waals surface area contributed by atoms with E-state index in [1.165, 1.54) is 0 Å². The van der Waals surface area contributed by atoms with Crippen LogP contribution in [0.25, 0.3) is 0 Å². The smallest absolute Gasteiger partial charge is 0.0663 e. The Morgan fingerprint density at radius 3 is 2.57 bits per heavy atom. The van der Waals surface area contributed by atoms with Crippen LogP contribution in [-0.2, 0) is 0 Å². The molecular weight excluding hydrogens is 108 g/mol. The number of thioether (sulfide) groups is 1. The van der Waals surface area contributed by atoms with Gasteiger partial charge in [-0.15, -0.1) is 0 Å². The number of hydrogen-bond donors (Lipinski definition) is 1. The van der Waals surface area contributed by atoms with Crippen LogP contribution in [0, 0.1) is 0 Å². The average Bonchev–Trinajstić information content (AvgIpc) is 1.91. The lowest BCUT2D eigenvalue weighted by molar-refractivity contribution is 0.180. The largest absolute Gasteiger partial charge is 0.392 e. The molecule has 42 valence electrons. The highest BCUT2D eigenvalue weighted by Gasteiger charge is 2.20. The van der Waals surface area contributed by atoms with Crippen molar-refractivity contribution in [3.05, 3.63) is 0 Å². The molecule has 0 aromatic heterocycles.